The molecule has 0 saturated carbocycles. The van der Waals surface area contributed by atoms with Gasteiger partial charge < -0.3 is 20.1 Å². The molecule has 3 N–H and O–H groups in total. The number of anilines is 1. The maximum Gasteiger partial charge on any atom is 0.318 e. The van der Waals surface area contributed by atoms with Crippen LogP contribution in [0, 0.1) is 11.6 Å². The fraction of sp³-hybridized carbons (Fsp3) is 0.143. The Kier molecular flexibility index (Phi) is 5.71. The Morgan fingerprint density at radius 3 is 2.74 bits per heavy atom. The van der Waals surface area contributed by atoms with Gasteiger partial charge in [0, 0.05) is 18.3 Å². The second-order valence-corrected chi connectivity index (χ2v) is 8.82. The summed E-state index contributed by atoms with van der Waals surface area (Å²) in [5, 5.41) is 15.0. The van der Waals surface area contributed by atoms with Crippen molar-refractivity contribution in [2.45, 2.75) is 19.9 Å². The summed E-state index contributed by atoms with van der Waals surface area (Å²) in [7, 11) is 1.40. The molecular weight excluding hydrogens is 490 g/mol. The van der Waals surface area contributed by atoms with Gasteiger partial charge in [-0.15, -0.1) is 0 Å². The number of fused-ring (bicyclic) bond motifs is 3. The van der Waals surface area contributed by atoms with E-state index >= 15 is 4.39 Å². The fourth-order valence-electron chi connectivity index (χ4n) is 4.76. The monoisotopic (exact) mass is 512 g/mol. The number of aromatic amines is 1. The van der Waals surface area contributed by atoms with Gasteiger partial charge in [0.1, 0.15) is 28.6 Å². The summed E-state index contributed by atoms with van der Waals surface area (Å²) in [5.41, 5.74) is 3.32. The van der Waals surface area contributed by atoms with Crippen LogP contribution in [0.25, 0.3) is 44.0 Å². The van der Waals surface area contributed by atoms with Crippen LogP contribution in [-0.2, 0) is 13.0 Å². The van der Waals surface area contributed by atoms with Crippen molar-refractivity contribution in [3.05, 3.63) is 77.8 Å². The molecule has 3 aromatic carbocycles. The third-order valence-corrected chi connectivity index (χ3v) is 6.55. The normalized spacial score (nSPS) is 11.5. The van der Waals surface area contributed by atoms with Crippen molar-refractivity contribution in [2.24, 2.45) is 0 Å². The number of hydrogen-bond donors (Lipinski definition) is 3. The average molecular weight is 513 g/mol. The van der Waals surface area contributed by atoms with Gasteiger partial charge in [-0.25, -0.2) is 13.8 Å². The molecule has 0 fully saturated rings. The number of phenolic OH excluding ortho intramolecular Hbond substituents is 1. The highest BCUT2D eigenvalue weighted by Crippen LogP contribution is 2.38. The lowest BCUT2D eigenvalue weighted by Gasteiger charge is -2.15. The third-order valence-electron chi connectivity index (χ3n) is 6.55. The summed E-state index contributed by atoms with van der Waals surface area (Å²) in [6.45, 7) is 2.21. The van der Waals surface area contributed by atoms with Gasteiger partial charge in [0.2, 0.25) is 0 Å². The minimum atomic E-state index is -0.733. The molecule has 0 saturated heterocycles. The van der Waals surface area contributed by atoms with Crippen molar-refractivity contribution in [3.63, 3.8) is 0 Å². The lowest BCUT2D eigenvalue weighted by molar-refractivity contribution is 0.382. The third kappa shape index (κ3) is 3.90. The van der Waals surface area contributed by atoms with Gasteiger partial charge in [-0.05, 0) is 58.7 Å². The molecule has 6 rings (SSSR count). The second kappa shape index (κ2) is 9.22. The number of ether oxygens (including phenoxy) is 1. The Hall–Kier alpha value is -4.86. The first-order valence-corrected chi connectivity index (χ1v) is 12.0. The largest absolute Gasteiger partial charge is 0.508 e. The number of rotatable bonds is 6. The van der Waals surface area contributed by atoms with E-state index in [1.54, 1.807) is 12.4 Å². The Bertz CT molecular complexity index is 1850. The highest BCUT2D eigenvalue weighted by Gasteiger charge is 2.21. The van der Waals surface area contributed by atoms with Crippen molar-refractivity contribution >= 4 is 38.5 Å². The SMILES string of the molecule is CCc1c(F)ccc2cc(O)cc(-c3ncc4c(NCc5ccc6nc[nH]c6c5)nc(OC)nc4c3F)c12. The molecule has 6 aromatic rings. The van der Waals surface area contributed by atoms with Gasteiger partial charge in [0.15, 0.2) is 5.82 Å². The van der Waals surface area contributed by atoms with E-state index in [-0.39, 0.29) is 28.5 Å². The van der Waals surface area contributed by atoms with Crippen molar-refractivity contribution in [1.82, 2.24) is 24.9 Å². The van der Waals surface area contributed by atoms with Gasteiger partial charge in [-0.2, -0.15) is 9.97 Å². The molecule has 0 unspecified atom stereocenters. The molecule has 0 radical (unpaired) electrons. The molecule has 10 heteroatoms. The Morgan fingerprint density at radius 1 is 1.05 bits per heavy atom. The highest BCUT2D eigenvalue weighted by molar-refractivity contribution is 6.01. The number of imidazole rings is 1. The summed E-state index contributed by atoms with van der Waals surface area (Å²) in [5.74, 6) is -0.879. The number of pyridine rings is 1. The van der Waals surface area contributed by atoms with Crippen molar-refractivity contribution in [3.8, 4) is 23.0 Å². The number of H-pyrrole nitrogens is 1. The molecular formula is C28H22F2N6O2. The van der Waals surface area contributed by atoms with Crippen LogP contribution in [0.15, 0.2) is 55.0 Å². The number of aryl methyl sites for hydroxylation is 1. The molecule has 190 valence electrons. The number of methoxy groups -OCH3 is 1. The molecule has 38 heavy (non-hydrogen) atoms. The Labute approximate surface area is 215 Å². The number of halogens is 2. The predicted octanol–water partition coefficient (Wildman–Crippen LogP) is 5.89. The first-order chi connectivity index (χ1) is 18.5. The van der Waals surface area contributed by atoms with Crippen LogP contribution in [-0.4, -0.2) is 37.1 Å². The average Bonchev–Trinajstić information content (AvgIpc) is 3.40. The second-order valence-electron chi connectivity index (χ2n) is 8.82. The van der Waals surface area contributed by atoms with Crippen LogP contribution in [0.1, 0.15) is 18.1 Å². The Balaban J connectivity index is 1.49. The maximum absolute atomic E-state index is 16.1. The highest BCUT2D eigenvalue weighted by atomic mass is 19.1. The summed E-state index contributed by atoms with van der Waals surface area (Å²) < 4.78 is 36.1. The smallest absolute Gasteiger partial charge is 0.318 e. The number of aromatic hydroxyl groups is 1. The molecule has 0 atom stereocenters. The topological polar surface area (TPSA) is 109 Å². The van der Waals surface area contributed by atoms with Crippen LogP contribution in [0.2, 0.25) is 0 Å². The molecule has 0 aliphatic heterocycles. The van der Waals surface area contributed by atoms with Gasteiger partial charge in [0.25, 0.3) is 0 Å². The summed E-state index contributed by atoms with van der Waals surface area (Å²) in [6, 6.07) is 11.6. The lowest BCUT2D eigenvalue weighted by atomic mass is 9.94. The van der Waals surface area contributed by atoms with E-state index in [1.165, 1.54) is 31.5 Å². The van der Waals surface area contributed by atoms with Crippen LogP contribution in [0.4, 0.5) is 14.6 Å². The number of phenols is 1. The zero-order valence-corrected chi connectivity index (χ0v) is 20.5. The molecule has 8 nitrogen and oxygen atoms in total. The first-order valence-electron chi connectivity index (χ1n) is 12.0. The molecule has 0 bridgehead atoms. The van der Waals surface area contributed by atoms with Crippen LogP contribution in [0.5, 0.6) is 11.8 Å². The van der Waals surface area contributed by atoms with E-state index in [0.717, 1.165) is 16.6 Å². The number of benzene rings is 3. The summed E-state index contributed by atoms with van der Waals surface area (Å²) >= 11 is 0. The summed E-state index contributed by atoms with van der Waals surface area (Å²) in [4.78, 5) is 20.3. The van der Waals surface area contributed by atoms with Crippen molar-refractivity contribution < 1.29 is 18.6 Å². The Morgan fingerprint density at radius 2 is 1.92 bits per heavy atom. The minimum absolute atomic E-state index is 0.0145. The number of nitrogens with zero attached hydrogens (tertiary/aromatic N) is 4. The minimum Gasteiger partial charge on any atom is -0.508 e. The summed E-state index contributed by atoms with van der Waals surface area (Å²) in [6.07, 6.45) is 3.48. The number of nitrogens with one attached hydrogen (secondary N) is 2. The van der Waals surface area contributed by atoms with Crippen molar-refractivity contribution in [2.75, 3.05) is 12.4 Å². The zero-order chi connectivity index (χ0) is 26.4. The van der Waals surface area contributed by atoms with E-state index in [0.29, 0.717) is 40.5 Å². The molecule has 3 aromatic heterocycles. The van der Waals surface area contributed by atoms with E-state index in [9.17, 15) is 9.50 Å². The molecule has 0 aliphatic carbocycles. The fourth-order valence-corrected chi connectivity index (χ4v) is 4.76. The number of hydrogen-bond acceptors (Lipinski definition) is 7. The quantitative estimate of drug-likeness (QED) is 0.255. The van der Waals surface area contributed by atoms with Crippen LogP contribution >= 0.6 is 0 Å². The predicted molar refractivity (Wildman–Crippen MR) is 141 cm³/mol. The van der Waals surface area contributed by atoms with Crippen LogP contribution < -0.4 is 10.1 Å². The maximum atomic E-state index is 16.1. The molecule has 0 aliphatic rings. The molecule has 0 amide bonds. The van der Waals surface area contributed by atoms with Gasteiger partial charge in [-0.1, -0.05) is 19.1 Å². The van der Waals surface area contributed by atoms with E-state index in [4.69, 9.17) is 4.74 Å². The molecule has 3 heterocycles. The standard InChI is InChI=1S/C28H22F2N6O2/c1-3-17-20(29)6-5-15-9-16(37)10-18(23(15)17)25-24(30)26-19(12-31-25)27(36-28(35-26)38-2)32-11-14-4-7-21-22(8-14)34-13-33-21/h4-10,12-13,37H,3,11H2,1-2H3,(H,33,34)(H,32,35,36). The van der Waals surface area contributed by atoms with E-state index < -0.39 is 11.6 Å². The van der Waals surface area contributed by atoms with Gasteiger partial charge in [0.05, 0.1) is 29.9 Å². The zero-order valence-electron chi connectivity index (χ0n) is 20.5. The van der Waals surface area contributed by atoms with Gasteiger partial charge in [-0.3, -0.25) is 4.98 Å². The van der Waals surface area contributed by atoms with Crippen molar-refractivity contribution in [1.29, 1.82) is 0 Å². The van der Waals surface area contributed by atoms with E-state index in [1.807, 2.05) is 25.1 Å². The van der Waals surface area contributed by atoms with Crippen LogP contribution in [0.3, 0.4) is 0 Å². The van der Waals surface area contributed by atoms with E-state index in [2.05, 4.69) is 30.2 Å². The van der Waals surface area contributed by atoms with Gasteiger partial charge >= 0.3 is 6.01 Å². The lowest BCUT2D eigenvalue weighted by Crippen LogP contribution is -2.06. The first kappa shape index (κ1) is 23.5. The number of aromatic nitrogens is 5. The molecule has 0 spiro atoms.